The summed E-state index contributed by atoms with van der Waals surface area (Å²) in [4.78, 5) is 16.6. The summed E-state index contributed by atoms with van der Waals surface area (Å²) in [5.41, 5.74) is 2.05. The van der Waals surface area contributed by atoms with E-state index in [4.69, 9.17) is 0 Å². The summed E-state index contributed by atoms with van der Waals surface area (Å²) in [5.74, 6) is 1.82. The van der Waals surface area contributed by atoms with Crippen molar-refractivity contribution in [2.45, 2.75) is 50.9 Å². The zero-order valence-electron chi connectivity index (χ0n) is 20.0. The molecule has 3 heterocycles. The molecule has 4 heteroatoms. The Kier molecular flexibility index (Phi) is 5.66. The largest absolute Gasteiger partial charge is 0.350 e. The van der Waals surface area contributed by atoms with Gasteiger partial charge in [0.1, 0.15) is 5.54 Å². The molecule has 2 N–H and O–H groups in total. The highest BCUT2D eigenvalue weighted by Crippen LogP contribution is 2.54. The van der Waals surface area contributed by atoms with E-state index in [0.29, 0.717) is 24.3 Å². The van der Waals surface area contributed by atoms with Crippen molar-refractivity contribution in [2.75, 3.05) is 13.1 Å². The minimum Gasteiger partial charge on any atom is -0.350 e. The number of fused-ring (bicyclic) bond motifs is 2. The third-order valence-electron chi connectivity index (χ3n) is 8.76. The Labute approximate surface area is 202 Å². The van der Waals surface area contributed by atoms with Crippen LogP contribution >= 0.6 is 0 Å². The minimum absolute atomic E-state index is 0.200. The molecule has 3 aliphatic heterocycles. The molecule has 4 aliphatic rings. The van der Waals surface area contributed by atoms with Crippen LogP contribution in [-0.2, 0) is 17.9 Å². The summed E-state index contributed by atoms with van der Waals surface area (Å²) in [7, 11) is 0. The first-order valence-corrected chi connectivity index (χ1v) is 13.0. The van der Waals surface area contributed by atoms with Crippen LogP contribution in [0.25, 0.3) is 10.8 Å². The standard InChI is InChI=1S/C30H35N3O/c1-2-9-27-24-16-25-20-33(19-23-14-8-13-22-12-6-7-15-26(22)23)28(27)30(25,32-18-24)29(34)31-17-21-10-4-3-5-11-21/h3-8,10-15,24-25,27-28,32H,2,9,16-20H2,1H3,(H,31,34). The smallest absolute Gasteiger partial charge is 0.242 e. The molecular weight excluding hydrogens is 418 g/mol. The van der Waals surface area contributed by atoms with E-state index in [1.807, 2.05) is 18.2 Å². The summed E-state index contributed by atoms with van der Waals surface area (Å²) >= 11 is 0. The van der Waals surface area contributed by atoms with E-state index in [1.54, 1.807) is 0 Å². The van der Waals surface area contributed by atoms with Crippen molar-refractivity contribution in [3.63, 3.8) is 0 Å². The Bertz CT molecular complexity index is 1170. The van der Waals surface area contributed by atoms with Crippen LogP contribution in [0.1, 0.15) is 37.3 Å². The Morgan fingerprint density at radius 3 is 2.71 bits per heavy atom. The number of piperidine rings is 2. The quantitative estimate of drug-likeness (QED) is 0.543. The van der Waals surface area contributed by atoms with Crippen molar-refractivity contribution in [1.82, 2.24) is 15.5 Å². The second kappa shape index (κ2) is 8.83. The van der Waals surface area contributed by atoms with Crippen LogP contribution in [0.5, 0.6) is 0 Å². The van der Waals surface area contributed by atoms with Gasteiger partial charge in [-0.2, -0.15) is 0 Å². The highest BCUT2D eigenvalue weighted by molar-refractivity contribution is 5.89. The van der Waals surface area contributed by atoms with Gasteiger partial charge in [-0.25, -0.2) is 0 Å². The zero-order valence-corrected chi connectivity index (χ0v) is 20.0. The maximum atomic E-state index is 14.0. The fraction of sp³-hybridized carbons (Fsp3) is 0.433. The van der Waals surface area contributed by atoms with Crippen molar-refractivity contribution in [2.24, 2.45) is 17.8 Å². The second-order valence-electron chi connectivity index (χ2n) is 10.6. The molecule has 5 unspecified atom stereocenters. The Morgan fingerprint density at radius 2 is 1.85 bits per heavy atom. The van der Waals surface area contributed by atoms with E-state index in [0.717, 1.165) is 25.2 Å². The van der Waals surface area contributed by atoms with Gasteiger partial charge in [0.25, 0.3) is 0 Å². The monoisotopic (exact) mass is 453 g/mol. The van der Waals surface area contributed by atoms with Gasteiger partial charge < -0.3 is 10.6 Å². The van der Waals surface area contributed by atoms with Crippen LogP contribution in [0.15, 0.2) is 72.8 Å². The third kappa shape index (κ3) is 3.47. The molecule has 0 radical (unpaired) electrons. The zero-order chi connectivity index (χ0) is 23.1. The van der Waals surface area contributed by atoms with Crippen LogP contribution in [0.4, 0.5) is 0 Å². The van der Waals surface area contributed by atoms with Gasteiger partial charge in [0.15, 0.2) is 0 Å². The molecule has 34 heavy (non-hydrogen) atoms. The van der Waals surface area contributed by atoms with Crippen LogP contribution in [0, 0.1) is 17.8 Å². The Balaban J connectivity index is 1.32. The lowest BCUT2D eigenvalue weighted by Crippen LogP contribution is -2.75. The fourth-order valence-electron chi connectivity index (χ4n) is 7.38. The van der Waals surface area contributed by atoms with Crippen molar-refractivity contribution in [3.8, 4) is 0 Å². The molecule has 3 aromatic carbocycles. The summed E-state index contributed by atoms with van der Waals surface area (Å²) in [6.45, 7) is 5.76. The number of likely N-dealkylation sites (tertiary alicyclic amines) is 1. The van der Waals surface area contributed by atoms with E-state index in [9.17, 15) is 4.79 Å². The molecule has 0 aromatic heterocycles. The molecule has 1 aliphatic carbocycles. The van der Waals surface area contributed by atoms with Gasteiger partial charge in [-0.15, -0.1) is 0 Å². The first kappa shape index (κ1) is 21.8. The Hall–Kier alpha value is -2.69. The van der Waals surface area contributed by atoms with E-state index in [2.05, 4.69) is 77.1 Å². The molecule has 4 bridgehead atoms. The van der Waals surface area contributed by atoms with Crippen LogP contribution in [-0.4, -0.2) is 35.5 Å². The molecule has 7 rings (SSSR count). The fourth-order valence-corrected chi connectivity index (χ4v) is 7.38. The normalized spacial score (nSPS) is 30.0. The van der Waals surface area contributed by atoms with Crippen molar-refractivity contribution >= 4 is 16.7 Å². The number of hydrogen-bond acceptors (Lipinski definition) is 3. The lowest BCUT2D eigenvalue weighted by molar-refractivity contribution is -0.138. The summed E-state index contributed by atoms with van der Waals surface area (Å²) < 4.78 is 0. The van der Waals surface area contributed by atoms with Gasteiger partial charge in [0.2, 0.25) is 5.91 Å². The molecule has 1 amide bonds. The number of rotatable bonds is 7. The molecule has 1 saturated carbocycles. The maximum Gasteiger partial charge on any atom is 0.242 e. The van der Waals surface area contributed by atoms with Gasteiger partial charge in [-0.05, 0) is 53.1 Å². The predicted molar refractivity (Wildman–Crippen MR) is 137 cm³/mol. The van der Waals surface area contributed by atoms with Crippen LogP contribution < -0.4 is 10.6 Å². The molecule has 0 spiro atoms. The van der Waals surface area contributed by atoms with Gasteiger partial charge in [-0.3, -0.25) is 9.69 Å². The number of benzene rings is 3. The summed E-state index contributed by atoms with van der Waals surface area (Å²) in [6.07, 6.45) is 3.54. The highest BCUT2D eigenvalue weighted by atomic mass is 16.2. The van der Waals surface area contributed by atoms with Crippen molar-refractivity contribution < 1.29 is 4.79 Å². The number of carbonyl (C=O) groups is 1. The van der Waals surface area contributed by atoms with Gasteiger partial charge in [-0.1, -0.05) is 86.1 Å². The molecule has 3 saturated heterocycles. The number of carbonyl (C=O) groups excluding carboxylic acids is 1. The molecule has 5 atom stereocenters. The summed E-state index contributed by atoms with van der Waals surface area (Å²) in [6, 6.07) is 25.9. The van der Waals surface area contributed by atoms with Gasteiger partial charge >= 0.3 is 0 Å². The maximum absolute atomic E-state index is 14.0. The predicted octanol–water partition coefficient (Wildman–Crippen LogP) is 4.73. The lowest BCUT2D eigenvalue weighted by Gasteiger charge is -2.56. The van der Waals surface area contributed by atoms with Gasteiger partial charge in [0.05, 0.1) is 0 Å². The topological polar surface area (TPSA) is 44.4 Å². The molecule has 4 fully saturated rings. The first-order chi connectivity index (χ1) is 16.7. The SMILES string of the molecule is CCCC1C2CNC3(C(=O)NCc4ccccc4)C(C2)CN(Cc2cccc4ccccc24)C13. The highest BCUT2D eigenvalue weighted by Gasteiger charge is 2.67. The van der Waals surface area contributed by atoms with Crippen LogP contribution in [0.3, 0.4) is 0 Å². The first-order valence-electron chi connectivity index (χ1n) is 13.0. The second-order valence-corrected chi connectivity index (χ2v) is 10.6. The van der Waals surface area contributed by atoms with Crippen LogP contribution in [0.2, 0.25) is 0 Å². The average Bonchev–Trinajstić information content (AvgIpc) is 3.14. The van der Waals surface area contributed by atoms with Crippen molar-refractivity contribution in [1.29, 1.82) is 0 Å². The Morgan fingerprint density at radius 1 is 1.06 bits per heavy atom. The summed E-state index contributed by atoms with van der Waals surface area (Å²) in [5, 5.41) is 9.78. The minimum atomic E-state index is -0.478. The number of nitrogens with zero attached hydrogens (tertiary/aromatic N) is 1. The third-order valence-corrected chi connectivity index (χ3v) is 8.76. The lowest BCUT2D eigenvalue weighted by atomic mass is 9.58. The number of amides is 1. The molecule has 176 valence electrons. The van der Waals surface area contributed by atoms with E-state index in [-0.39, 0.29) is 11.9 Å². The molecular formula is C30H35N3O. The molecule has 3 aromatic rings. The van der Waals surface area contributed by atoms with E-state index >= 15 is 0 Å². The van der Waals surface area contributed by atoms with E-state index in [1.165, 1.54) is 35.6 Å². The number of nitrogens with one attached hydrogen (secondary N) is 2. The average molecular weight is 454 g/mol. The molecule has 4 nitrogen and oxygen atoms in total. The number of hydrogen-bond donors (Lipinski definition) is 2. The van der Waals surface area contributed by atoms with Gasteiger partial charge in [0, 0.05) is 31.6 Å². The van der Waals surface area contributed by atoms with Crippen molar-refractivity contribution in [3.05, 3.63) is 83.9 Å². The van der Waals surface area contributed by atoms with E-state index < -0.39 is 5.54 Å².